The van der Waals surface area contributed by atoms with Gasteiger partial charge in [0.2, 0.25) is 10.0 Å². The van der Waals surface area contributed by atoms with Gasteiger partial charge in [0, 0.05) is 30.7 Å². The number of rotatable bonds is 2. The topological polar surface area (TPSA) is 57.7 Å². The number of fused-ring (bicyclic) bond motifs is 2. The highest BCUT2D eigenvalue weighted by Gasteiger charge is 2.45. The van der Waals surface area contributed by atoms with Crippen molar-refractivity contribution in [2.24, 2.45) is 0 Å². The van der Waals surface area contributed by atoms with Crippen molar-refractivity contribution in [2.75, 3.05) is 19.3 Å². The molecular formula is C15H20N2O3S. The van der Waals surface area contributed by atoms with Gasteiger partial charge >= 0.3 is 0 Å². The molecule has 21 heavy (non-hydrogen) atoms. The van der Waals surface area contributed by atoms with Crippen molar-refractivity contribution in [3.05, 3.63) is 35.4 Å². The number of likely N-dealkylation sites (tertiary alicyclic amines) is 1. The molecule has 1 aromatic rings. The maximum absolute atomic E-state index is 12.6. The fourth-order valence-electron chi connectivity index (χ4n) is 3.53. The van der Waals surface area contributed by atoms with E-state index in [1.54, 1.807) is 9.21 Å². The average molecular weight is 308 g/mol. The summed E-state index contributed by atoms with van der Waals surface area (Å²) in [5.74, 6) is 0.00347. The number of hydrogen-bond acceptors (Lipinski definition) is 3. The molecule has 2 saturated heterocycles. The second-order valence-electron chi connectivity index (χ2n) is 6.06. The van der Waals surface area contributed by atoms with Gasteiger partial charge in [0.05, 0.1) is 6.26 Å². The Labute approximate surface area is 125 Å². The third-order valence-corrected chi connectivity index (χ3v) is 5.71. The molecule has 0 aliphatic carbocycles. The van der Waals surface area contributed by atoms with Gasteiger partial charge in [-0.25, -0.2) is 8.42 Å². The number of aryl methyl sites for hydroxylation is 1. The SMILES string of the molecule is Cc1cccc(C(=O)N2C[C@H]3CC[C@@H](C2)N3S(C)(=O)=O)c1. The van der Waals surface area contributed by atoms with Gasteiger partial charge in [-0.1, -0.05) is 17.7 Å². The van der Waals surface area contributed by atoms with E-state index >= 15 is 0 Å². The van der Waals surface area contributed by atoms with E-state index in [2.05, 4.69) is 0 Å². The largest absolute Gasteiger partial charge is 0.335 e. The first-order valence-corrected chi connectivity index (χ1v) is 9.05. The van der Waals surface area contributed by atoms with Crippen LogP contribution in [-0.2, 0) is 10.0 Å². The first-order chi connectivity index (χ1) is 9.86. The molecule has 2 fully saturated rings. The van der Waals surface area contributed by atoms with Gasteiger partial charge in [0.25, 0.3) is 5.91 Å². The van der Waals surface area contributed by atoms with E-state index < -0.39 is 10.0 Å². The number of sulfonamides is 1. The second kappa shape index (κ2) is 5.10. The van der Waals surface area contributed by atoms with Crippen LogP contribution >= 0.6 is 0 Å². The minimum Gasteiger partial charge on any atom is -0.335 e. The summed E-state index contributed by atoms with van der Waals surface area (Å²) in [7, 11) is -3.19. The van der Waals surface area contributed by atoms with Crippen LogP contribution < -0.4 is 0 Å². The van der Waals surface area contributed by atoms with Crippen molar-refractivity contribution in [3.8, 4) is 0 Å². The fraction of sp³-hybridized carbons (Fsp3) is 0.533. The number of amides is 1. The number of nitrogens with zero attached hydrogens (tertiary/aromatic N) is 2. The standard InChI is InChI=1S/C15H20N2O3S/c1-11-4-3-5-12(8-11)15(18)16-9-13-6-7-14(10-16)17(13)21(2,19)20/h3-5,8,13-14H,6-7,9-10H2,1-2H3/t13-,14+. The predicted molar refractivity (Wildman–Crippen MR) is 80.6 cm³/mol. The van der Waals surface area contributed by atoms with Crippen LogP contribution in [0.15, 0.2) is 24.3 Å². The van der Waals surface area contributed by atoms with E-state index in [0.29, 0.717) is 18.7 Å². The van der Waals surface area contributed by atoms with Crippen LogP contribution in [0.2, 0.25) is 0 Å². The van der Waals surface area contributed by atoms with Crippen LogP contribution in [-0.4, -0.2) is 55.0 Å². The van der Waals surface area contributed by atoms with Gasteiger partial charge in [-0.15, -0.1) is 0 Å². The third-order valence-electron chi connectivity index (χ3n) is 4.35. The summed E-state index contributed by atoms with van der Waals surface area (Å²) in [4.78, 5) is 14.4. The van der Waals surface area contributed by atoms with E-state index in [0.717, 1.165) is 18.4 Å². The van der Waals surface area contributed by atoms with Crippen LogP contribution in [0, 0.1) is 6.92 Å². The zero-order chi connectivity index (χ0) is 15.2. The molecule has 2 aliphatic rings. The Bertz CT molecular complexity index is 657. The molecule has 6 heteroatoms. The van der Waals surface area contributed by atoms with Gasteiger partial charge in [0.1, 0.15) is 0 Å². The van der Waals surface area contributed by atoms with Crippen LogP contribution in [0.25, 0.3) is 0 Å². The maximum atomic E-state index is 12.6. The third kappa shape index (κ3) is 2.70. The normalized spacial score (nSPS) is 26.1. The zero-order valence-electron chi connectivity index (χ0n) is 12.3. The fourth-order valence-corrected chi connectivity index (χ4v) is 4.96. The molecule has 114 valence electrons. The number of carbonyl (C=O) groups is 1. The molecule has 2 aliphatic heterocycles. The molecule has 2 atom stereocenters. The summed E-state index contributed by atoms with van der Waals surface area (Å²) in [5.41, 5.74) is 1.74. The Morgan fingerprint density at radius 3 is 2.33 bits per heavy atom. The lowest BCUT2D eigenvalue weighted by atomic mass is 10.1. The molecule has 0 unspecified atom stereocenters. The van der Waals surface area contributed by atoms with Gasteiger partial charge in [-0.05, 0) is 31.9 Å². The number of benzene rings is 1. The molecule has 0 spiro atoms. The Balaban J connectivity index is 1.80. The van der Waals surface area contributed by atoms with Crippen molar-refractivity contribution in [3.63, 3.8) is 0 Å². The summed E-state index contributed by atoms with van der Waals surface area (Å²) in [6.07, 6.45) is 2.95. The molecule has 3 rings (SSSR count). The molecular weight excluding hydrogens is 288 g/mol. The lowest BCUT2D eigenvalue weighted by Crippen LogP contribution is -2.56. The Morgan fingerprint density at radius 1 is 1.19 bits per heavy atom. The first-order valence-electron chi connectivity index (χ1n) is 7.21. The molecule has 5 nitrogen and oxygen atoms in total. The molecule has 0 N–H and O–H groups in total. The zero-order valence-corrected chi connectivity index (χ0v) is 13.1. The van der Waals surface area contributed by atoms with E-state index in [1.807, 2.05) is 31.2 Å². The number of piperazine rings is 1. The minimum absolute atomic E-state index is 0.00347. The summed E-state index contributed by atoms with van der Waals surface area (Å²) in [5, 5.41) is 0. The highest BCUT2D eigenvalue weighted by atomic mass is 32.2. The quantitative estimate of drug-likeness (QED) is 0.826. The molecule has 1 aromatic carbocycles. The molecule has 1 amide bonds. The van der Waals surface area contributed by atoms with E-state index in [1.165, 1.54) is 6.26 Å². The van der Waals surface area contributed by atoms with Crippen molar-refractivity contribution in [1.29, 1.82) is 0 Å². The van der Waals surface area contributed by atoms with Gasteiger partial charge in [-0.3, -0.25) is 4.79 Å². The Kier molecular flexibility index (Phi) is 3.53. The van der Waals surface area contributed by atoms with E-state index in [-0.39, 0.29) is 18.0 Å². The predicted octanol–water partition coefficient (Wildman–Crippen LogP) is 1.24. The smallest absolute Gasteiger partial charge is 0.253 e. The molecule has 2 heterocycles. The highest BCUT2D eigenvalue weighted by Crippen LogP contribution is 2.32. The van der Waals surface area contributed by atoms with Crippen LogP contribution in [0.4, 0.5) is 0 Å². The first kappa shape index (κ1) is 14.5. The molecule has 0 saturated carbocycles. The van der Waals surface area contributed by atoms with Crippen molar-refractivity contribution >= 4 is 15.9 Å². The summed E-state index contributed by atoms with van der Waals surface area (Å²) >= 11 is 0. The lowest BCUT2D eigenvalue weighted by molar-refractivity contribution is 0.0615. The van der Waals surface area contributed by atoms with Gasteiger partial charge in [0.15, 0.2) is 0 Å². The lowest BCUT2D eigenvalue weighted by Gasteiger charge is -2.39. The average Bonchev–Trinajstić information content (AvgIpc) is 2.70. The van der Waals surface area contributed by atoms with Crippen LogP contribution in [0.3, 0.4) is 0 Å². The Morgan fingerprint density at radius 2 is 1.81 bits per heavy atom. The van der Waals surface area contributed by atoms with Gasteiger partial charge in [-0.2, -0.15) is 4.31 Å². The number of carbonyl (C=O) groups excluding carboxylic acids is 1. The summed E-state index contributed by atoms with van der Waals surface area (Å²) in [6.45, 7) is 2.95. The maximum Gasteiger partial charge on any atom is 0.253 e. The summed E-state index contributed by atoms with van der Waals surface area (Å²) < 4.78 is 25.3. The highest BCUT2D eigenvalue weighted by molar-refractivity contribution is 7.88. The molecule has 0 radical (unpaired) electrons. The minimum atomic E-state index is -3.19. The monoisotopic (exact) mass is 308 g/mol. The van der Waals surface area contributed by atoms with E-state index in [9.17, 15) is 13.2 Å². The van der Waals surface area contributed by atoms with E-state index in [4.69, 9.17) is 0 Å². The van der Waals surface area contributed by atoms with Crippen molar-refractivity contribution in [1.82, 2.24) is 9.21 Å². The number of hydrogen-bond donors (Lipinski definition) is 0. The molecule has 2 bridgehead atoms. The summed E-state index contributed by atoms with van der Waals surface area (Å²) in [6, 6.07) is 7.42. The Hall–Kier alpha value is -1.40. The molecule has 0 aromatic heterocycles. The van der Waals surface area contributed by atoms with Crippen molar-refractivity contribution in [2.45, 2.75) is 31.8 Å². The van der Waals surface area contributed by atoms with Crippen molar-refractivity contribution < 1.29 is 13.2 Å². The van der Waals surface area contributed by atoms with Crippen LogP contribution in [0.1, 0.15) is 28.8 Å². The van der Waals surface area contributed by atoms with Crippen LogP contribution in [0.5, 0.6) is 0 Å². The second-order valence-corrected chi connectivity index (χ2v) is 7.95. The van der Waals surface area contributed by atoms with Gasteiger partial charge < -0.3 is 4.90 Å².